The van der Waals surface area contributed by atoms with Crippen molar-refractivity contribution in [3.63, 3.8) is 0 Å². The van der Waals surface area contributed by atoms with Crippen LogP contribution >= 0.6 is 0 Å². The molecule has 1 aromatic rings. The van der Waals surface area contributed by atoms with Gasteiger partial charge in [0.15, 0.2) is 0 Å². The number of alkyl halides is 3. The normalized spacial score (nSPS) is 22.2. The van der Waals surface area contributed by atoms with Crippen LogP contribution in [0.1, 0.15) is 75.3 Å². The molecule has 0 bridgehead atoms. The van der Waals surface area contributed by atoms with Crippen molar-refractivity contribution in [1.29, 1.82) is 5.26 Å². The zero-order valence-corrected chi connectivity index (χ0v) is 18.7. The van der Waals surface area contributed by atoms with E-state index < -0.39 is 11.7 Å². The Kier molecular flexibility index (Phi) is 8.92. The maximum Gasteiger partial charge on any atom is 0.416 e. The average Bonchev–Trinajstić information content (AvgIpc) is 2.79. The number of ketones is 1. The first-order valence-corrected chi connectivity index (χ1v) is 11.8. The number of hydrogen-bond donors (Lipinski definition) is 0. The van der Waals surface area contributed by atoms with Crippen LogP contribution in [0.3, 0.4) is 0 Å². The maximum atomic E-state index is 13.0. The van der Waals surface area contributed by atoms with E-state index in [0.717, 1.165) is 56.5 Å². The molecule has 0 radical (unpaired) electrons. The van der Waals surface area contributed by atoms with Crippen molar-refractivity contribution in [2.24, 2.45) is 11.8 Å². The molecule has 3 rings (SSSR count). The van der Waals surface area contributed by atoms with Gasteiger partial charge in [0.1, 0.15) is 5.78 Å². The molecule has 1 aliphatic carbocycles. The van der Waals surface area contributed by atoms with E-state index in [9.17, 15) is 18.0 Å². The van der Waals surface area contributed by atoms with Gasteiger partial charge in [-0.05, 0) is 60.9 Å². The van der Waals surface area contributed by atoms with Gasteiger partial charge in [0.05, 0.1) is 18.1 Å². The van der Waals surface area contributed by atoms with Crippen LogP contribution in [0.25, 0.3) is 5.57 Å². The number of carbonyl (C=O) groups is 1. The third kappa shape index (κ3) is 7.48. The van der Waals surface area contributed by atoms with Gasteiger partial charge < -0.3 is 0 Å². The van der Waals surface area contributed by atoms with Gasteiger partial charge in [-0.3, -0.25) is 9.69 Å². The number of rotatable bonds is 9. The number of hydrogen-bond acceptors (Lipinski definition) is 3. The van der Waals surface area contributed by atoms with E-state index in [1.165, 1.54) is 44.2 Å². The van der Waals surface area contributed by atoms with Gasteiger partial charge in [-0.15, -0.1) is 0 Å². The summed E-state index contributed by atoms with van der Waals surface area (Å²) in [4.78, 5) is 13.9. The first-order chi connectivity index (χ1) is 15.3. The fraction of sp³-hybridized carbons (Fsp3) is 0.615. The number of benzene rings is 1. The lowest BCUT2D eigenvalue weighted by atomic mass is 9.78. The van der Waals surface area contributed by atoms with Gasteiger partial charge in [0.2, 0.25) is 0 Å². The highest BCUT2D eigenvalue weighted by molar-refractivity contribution is 5.80. The second-order valence-electron chi connectivity index (χ2n) is 9.30. The van der Waals surface area contributed by atoms with Crippen LogP contribution in [0.2, 0.25) is 0 Å². The number of halogens is 3. The largest absolute Gasteiger partial charge is 0.416 e. The molecule has 1 heterocycles. The summed E-state index contributed by atoms with van der Waals surface area (Å²) in [7, 11) is 0. The summed E-state index contributed by atoms with van der Waals surface area (Å²) in [5.41, 5.74) is 1.12. The zero-order valence-electron chi connectivity index (χ0n) is 18.7. The monoisotopic (exact) mass is 446 g/mol. The minimum atomic E-state index is -4.30. The van der Waals surface area contributed by atoms with Crippen molar-refractivity contribution < 1.29 is 18.0 Å². The van der Waals surface area contributed by atoms with Crippen molar-refractivity contribution in [3.8, 4) is 6.07 Å². The Bertz CT molecular complexity index is 832. The fourth-order valence-corrected chi connectivity index (χ4v) is 5.01. The minimum Gasteiger partial charge on any atom is -0.299 e. The quantitative estimate of drug-likeness (QED) is 0.427. The van der Waals surface area contributed by atoms with E-state index in [1.54, 1.807) is 6.07 Å². The van der Waals surface area contributed by atoms with Crippen molar-refractivity contribution in [2.45, 2.75) is 70.4 Å². The Hall–Kier alpha value is -2.13. The zero-order chi connectivity index (χ0) is 23.0. The summed E-state index contributed by atoms with van der Waals surface area (Å²) in [5.74, 6) is 1.53. The van der Waals surface area contributed by atoms with E-state index in [0.29, 0.717) is 17.9 Å². The summed E-state index contributed by atoms with van der Waals surface area (Å²) in [6, 6.07) is 7.58. The summed E-state index contributed by atoms with van der Waals surface area (Å²) >= 11 is 0. The Morgan fingerprint density at radius 2 is 1.84 bits per heavy atom. The number of carbonyl (C=O) groups excluding carboxylic acids is 1. The molecule has 0 atom stereocenters. The lowest BCUT2D eigenvalue weighted by Gasteiger charge is -2.32. The lowest BCUT2D eigenvalue weighted by molar-refractivity contribution is -0.137. The van der Waals surface area contributed by atoms with Crippen LogP contribution in [-0.2, 0) is 11.0 Å². The molecular formula is C26H33F3N2O. The Labute approximate surface area is 189 Å². The average molecular weight is 447 g/mol. The van der Waals surface area contributed by atoms with E-state index in [4.69, 9.17) is 5.26 Å². The first kappa shape index (κ1) is 24.5. The summed E-state index contributed by atoms with van der Waals surface area (Å²) in [6.07, 6.45) is 7.30. The van der Waals surface area contributed by atoms with Gasteiger partial charge >= 0.3 is 6.18 Å². The predicted octanol–water partition coefficient (Wildman–Crippen LogP) is 6.64. The van der Waals surface area contributed by atoms with Crippen molar-refractivity contribution in [3.05, 3.63) is 41.5 Å². The molecular weight excluding hydrogens is 413 g/mol. The van der Waals surface area contributed by atoms with Gasteiger partial charge in [-0.25, -0.2) is 0 Å². The highest BCUT2D eigenvalue weighted by atomic mass is 19.4. The first-order valence-electron chi connectivity index (χ1n) is 11.8. The van der Waals surface area contributed by atoms with E-state index in [2.05, 4.69) is 11.0 Å². The molecule has 0 spiro atoms. The third-order valence-electron chi connectivity index (χ3n) is 7.02. The van der Waals surface area contributed by atoms with Crippen LogP contribution in [-0.4, -0.2) is 30.3 Å². The van der Waals surface area contributed by atoms with Gasteiger partial charge in [-0.1, -0.05) is 50.3 Å². The molecule has 0 aromatic heterocycles. The number of nitriles is 1. The minimum absolute atomic E-state index is 0.0415. The highest BCUT2D eigenvalue weighted by Crippen LogP contribution is 2.35. The SMILES string of the molecule is N#CCC(=O)CCCC1CCC(CCN2CC=C(c3cccc(C(F)(F)F)c3)CC2)CC1. The van der Waals surface area contributed by atoms with Crippen molar-refractivity contribution >= 4 is 11.4 Å². The van der Waals surface area contributed by atoms with Crippen LogP contribution in [0, 0.1) is 23.2 Å². The van der Waals surface area contributed by atoms with Gasteiger partial charge in [0.25, 0.3) is 0 Å². The van der Waals surface area contributed by atoms with Crippen molar-refractivity contribution in [1.82, 2.24) is 4.90 Å². The molecule has 3 nitrogen and oxygen atoms in total. The lowest BCUT2D eigenvalue weighted by Crippen LogP contribution is -2.31. The Morgan fingerprint density at radius 3 is 2.47 bits per heavy atom. The molecule has 2 aliphatic rings. The van der Waals surface area contributed by atoms with Crippen molar-refractivity contribution in [2.75, 3.05) is 19.6 Å². The highest BCUT2D eigenvalue weighted by Gasteiger charge is 2.30. The van der Waals surface area contributed by atoms with E-state index in [1.807, 2.05) is 6.07 Å². The smallest absolute Gasteiger partial charge is 0.299 e. The Balaban J connectivity index is 1.36. The standard InChI is InChI=1S/C26H33F3N2O/c27-26(28,29)24-5-2-4-23(19-24)22-13-17-31(18-14-22)16-12-21-9-7-20(8-10-21)3-1-6-25(32)11-15-30/h2,4-5,13,19-21H,1,3,6-12,14,16-18H2. The van der Waals surface area contributed by atoms with Gasteiger partial charge in [-0.2, -0.15) is 18.4 Å². The molecule has 0 unspecified atom stereocenters. The molecule has 0 amide bonds. The van der Waals surface area contributed by atoms with Crippen LogP contribution < -0.4 is 0 Å². The topological polar surface area (TPSA) is 44.1 Å². The number of nitrogens with zero attached hydrogens (tertiary/aromatic N) is 2. The summed E-state index contributed by atoms with van der Waals surface area (Å²) in [6.45, 7) is 2.75. The van der Waals surface area contributed by atoms with Crippen LogP contribution in [0.15, 0.2) is 30.3 Å². The van der Waals surface area contributed by atoms with Gasteiger partial charge in [0, 0.05) is 19.5 Å². The second kappa shape index (κ2) is 11.7. The summed E-state index contributed by atoms with van der Waals surface area (Å²) in [5, 5.41) is 8.55. The van der Waals surface area contributed by atoms with Crippen LogP contribution in [0.4, 0.5) is 13.2 Å². The molecule has 174 valence electrons. The molecule has 1 aliphatic heterocycles. The maximum absolute atomic E-state index is 13.0. The van der Waals surface area contributed by atoms with Crippen LogP contribution in [0.5, 0.6) is 0 Å². The Morgan fingerprint density at radius 1 is 1.12 bits per heavy atom. The second-order valence-corrected chi connectivity index (χ2v) is 9.30. The molecule has 32 heavy (non-hydrogen) atoms. The number of Topliss-reactive ketones (excluding diaryl/α,β-unsaturated/α-hetero) is 1. The molecule has 0 saturated heterocycles. The third-order valence-corrected chi connectivity index (χ3v) is 7.02. The molecule has 6 heteroatoms. The fourth-order valence-electron chi connectivity index (χ4n) is 5.01. The predicted molar refractivity (Wildman–Crippen MR) is 120 cm³/mol. The molecule has 0 N–H and O–H groups in total. The molecule has 1 saturated carbocycles. The molecule has 1 fully saturated rings. The van der Waals surface area contributed by atoms with E-state index in [-0.39, 0.29) is 12.2 Å². The summed E-state index contributed by atoms with van der Waals surface area (Å²) < 4.78 is 38.9. The van der Waals surface area contributed by atoms with E-state index >= 15 is 0 Å². The molecule has 1 aromatic carbocycles.